The van der Waals surface area contributed by atoms with Crippen LogP contribution in [-0.4, -0.2) is 44.0 Å². The Labute approximate surface area is 155 Å². The number of furan rings is 1. The van der Waals surface area contributed by atoms with Gasteiger partial charge in [0.05, 0.1) is 6.26 Å². The lowest BCUT2D eigenvalue weighted by Gasteiger charge is -2.09. The summed E-state index contributed by atoms with van der Waals surface area (Å²) in [5, 5.41) is 10.3. The molecule has 27 heavy (non-hydrogen) atoms. The fourth-order valence-corrected chi connectivity index (χ4v) is 2.10. The molecule has 0 spiro atoms. The van der Waals surface area contributed by atoms with Crippen molar-refractivity contribution in [2.75, 3.05) is 26.2 Å². The molecular formula is C18H21FN4O4. The van der Waals surface area contributed by atoms with Gasteiger partial charge >= 0.3 is 6.03 Å². The van der Waals surface area contributed by atoms with E-state index in [1.54, 1.807) is 13.0 Å². The van der Waals surface area contributed by atoms with Crippen LogP contribution < -0.4 is 21.3 Å². The third-order valence-corrected chi connectivity index (χ3v) is 3.57. The van der Waals surface area contributed by atoms with Gasteiger partial charge in [-0.2, -0.15) is 0 Å². The number of rotatable bonds is 8. The van der Waals surface area contributed by atoms with Crippen LogP contribution in [0.2, 0.25) is 0 Å². The third kappa shape index (κ3) is 6.46. The van der Waals surface area contributed by atoms with Gasteiger partial charge in [0.25, 0.3) is 11.8 Å². The molecule has 4 amide bonds. The van der Waals surface area contributed by atoms with E-state index in [-0.39, 0.29) is 43.4 Å². The second-order valence-electron chi connectivity index (χ2n) is 5.64. The monoisotopic (exact) mass is 376 g/mol. The van der Waals surface area contributed by atoms with E-state index in [1.807, 2.05) is 0 Å². The van der Waals surface area contributed by atoms with Crippen LogP contribution >= 0.6 is 0 Å². The fraction of sp³-hybridized carbons (Fsp3) is 0.278. The summed E-state index contributed by atoms with van der Waals surface area (Å²) in [6, 6.07) is 6.94. The van der Waals surface area contributed by atoms with Crippen LogP contribution in [0.15, 0.2) is 41.0 Å². The first-order chi connectivity index (χ1) is 13.0. The number of benzene rings is 1. The number of amides is 4. The molecule has 144 valence electrons. The molecule has 0 aliphatic rings. The molecule has 8 nitrogen and oxygen atoms in total. The maximum Gasteiger partial charge on any atom is 0.314 e. The highest BCUT2D eigenvalue weighted by Crippen LogP contribution is 2.08. The highest BCUT2D eigenvalue weighted by molar-refractivity contribution is 5.94. The predicted octanol–water partition coefficient (Wildman–Crippen LogP) is 1.19. The molecule has 0 fully saturated rings. The summed E-state index contributed by atoms with van der Waals surface area (Å²) in [5.74, 6) is -1.03. The van der Waals surface area contributed by atoms with Crippen molar-refractivity contribution < 1.29 is 23.2 Å². The van der Waals surface area contributed by atoms with Crippen molar-refractivity contribution in [2.45, 2.75) is 6.92 Å². The summed E-state index contributed by atoms with van der Waals surface area (Å²) in [4.78, 5) is 35.1. The van der Waals surface area contributed by atoms with E-state index >= 15 is 0 Å². The van der Waals surface area contributed by atoms with Crippen LogP contribution in [0.25, 0.3) is 0 Å². The first-order valence-corrected chi connectivity index (χ1v) is 8.35. The number of halogens is 1. The van der Waals surface area contributed by atoms with E-state index < -0.39 is 17.8 Å². The van der Waals surface area contributed by atoms with Gasteiger partial charge < -0.3 is 25.7 Å². The number of nitrogens with one attached hydrogen (secondary N) is 4. The maximum atomic E-state index is 13.4. The van der Waals surface area contributed by atoms with Crippen LogP contribution in [0, 0.1) is 12.7 Å². The zero-order chi connectivity index (χ0) is 19.6. The summed E-state index contributed by atoms with van der Waals surface area (Å²) in [6.07, 6.45) is 1.40. The molecule has 0 aliphatic carbocycles. The highest BCUT2D eigenvalue weighted by atomic mass is 19.1. The molecule has 1 aromatic heterocycles. The molecule has 0 radical (unpaired) electrons. The summed E-state index contributed by atoms with van der Waals surface area (Å²) >= 11 is 0. The van der Waals surface area contributed by atoms with E-state index in [9.17, 15) is 18.8 Å². The van der Waals surface area contributed by atoms with Gasteiger partial charge in [0.15, 0.2) is 5.76 Å². The second kappa shape index (κ2) is 9.95. The molecule has 2 aromatic rings. The smallest absolute Gasteiger partial charge is 0.314 e. The zero-order valence-electron chi connectivity index (χ0n) is 14.8. The highest BCUT2D eigenvalue weighted by Gasteiger charge is 2.09. The average molecular weight is 376 g/mol. The summed E-state index contributed by atoms with van der Waals surface area (Å²) in [6.45, 7) is 2.47. The molecule has 0 bridgehead atoms. The molecule has 2 rings (SSSR count). The Kier molecular flexibility index (Phi) is 7.36. The minimum Gasteiger partial charge on any atom is -0.459 e. The Bertz CT molecular complexity index is 793. The number of aryl methyl sites for hydroxylation is 1. The molecule has 1 heterocycles. The van der Waals surface area contributed by atoms with Crippen LogP contribution in [0.5, 0.6) is 0 Å². The van der Waals surface area contributed by atoms with Gasteiger partial charge in [-0.3, -0.25) is 9.59 Å². The Balaban J connectivity index is 1.56. The minimum absolute atomic E-state index is 0.191. The predicted molar refractivity (Wildman–Crippen MR) is 95.9 cm³/mol. The van der Waals surface area contributed by atoms with Gasteiger partial charge in [0.1, 0.15) is 5.82 Å². The van der Waals surface area contributed by atoms with Crippen LogP contribution in [0.4, 0.5) is 9.18 Å². The Morgan fingerprint density at radius 2 is 1.56 bits per heavy atom. The van der Waals surface area contributed by atoms with Gasteiger partial charge in [0, 0.05) is 31.7 Å². The van der Waals surface area contributed by atoms with E-state index in [4.69, 9.17) is 4.42 Å². The summed E-state index contributed by atoms with van der Waals surface area (Å²) < 4.78 is 18.4. The lowest BCUT2D eigenvalue weighted by atomic mass is 10.1. The molecule has 1 aromatic carbocycles. The Morgan fingerprint density at radius 3 is 2.15 bits per heavy atom. The molecule has 0 atom stereocenters. The first kappa shape index (κ1) is 20.0. The van der Waals surface area contributed by atoms with Crippen LogP contribution in [0.3, 0.4) is 0 Å². The van der Waals surface area contributed by atoms with E-state index in [0.717, 1.165) is 0 Å². The minimum atomic E-state index is -0.445. The van der Waals surface area contributed by atoms with Crippen molar-refractivity contribution >= 4 is 17.8 Å². The van der Waals surface area contributed by atoms with Crippen LogP contribution in [-0.2, 0) is 0 Å². The largest absolute Gasteiger partial charge is 0.459 e. The quantitative estimate of drug-likeness (QED) is 0.518. The van der Waals surface area contributed by atoms with E-state index in [1.165, 1.54) is 30.5 Å². The standard InChI is InChI=1S/C18H21FN4O4/c1-12-4-5-13(11-14(12)19)16(24)20-6-8-22-18(26)23-9-7-21-17(25)15-3-2-10-27-15/h2-5,10-11H,6-9H2,1H3,(H,20,24)(H,21,25)(H2,22,23,26). The van der Waals surface area contributed by atoms with Gasteiger partial charge in [-0.05, 0) is 36.8 Å². The summed E-state index contributed by atoms with van der Waals surface area (Å²) in [5.41, 5.74) is 0.681. The van der Waals surface area contributed by atoms with Crippen molar-refractivity contribution in [3.05, 3.63) is 59.3 Å². The molecule has 9 heteroatoms. The molecular weight excluding hydrogens is 355 g/mol. The topological polar surface area (TPSA) is 112 Å². The number of urea groups is 1. The summed E-state index contributed by atoms with van der Waals surface area (Å²) in [7, 11) is 0. The van der Waals surface area contributed by atoms with Crippen LogP contribution in [0.1, 0.15) is 26.5 Å². The normalized spacial score (nSPS) is 10.1. The van der Waals surface area contributed by atoms with E-state index in [2.05, 4.69) is 21.3 Å². The van der Waals surface area contributed by atoms with Gasteiger partial charge in [-0.25, -0.2) is 9.18 Å². The number of hydrogen-bond acceptors (Lipinski definition) is 4. The van der Waals surface area contributed by atoms with Gasteiger partial charge in [-0.15, -0.1) is 0 Å². The average Bonchev–Trinajstić information content (AvgIpc) is 3.19. The molecule has 0 aliphatic heterocycles. The van der Waals surface area contributed by atoms with E-state index in [0.29, 0.717) is 5.56 Å². The zero-order valence-corrected chi connectivity index (χ0v) is 14.8. The Hall–Kier alpha value is -3.36. The fourth-order valence-electron chi connectivity index (χ4n) is 2.10. The molecule has 4 N–H and O–H groups in total. The number of carbonyl (C=O) groups is 3. The maximum absolute atomic E-state index is 13.4. The third-order valence-electron chi connectivity index (χ3n) is 3.57. The molecule has 0 saturated heterocycles. The Morgan fingerprint density at radius 1 is 0.926 bits per heavy atom. The van der Waals surface area contributed by atoms with Crippen molar-refractivity contribution in [3.63, 3.8) is 0 Å². The lowest BCUT2D eigenvalue weighted by molar-refractivity contribution is 0.0924. The number of carbonyl (C=O) groups excluding carboxylic acids is 3. The SMILES string of the molecule is Cc1ccc(C(=O)NCCNC(=O)NCCNC(=O)c2ccco2)cc1F. The van der Waals surface area contributed by atoms with Gasteiger partial charge in [-0.1, -0.05) is 6.07 Å². The molecule has 0 saturated carbocycles. The van der Waals surface area contributed by atoms with Gasteiger partial charge in [0.2, 0.25) is 0 Å². The van der Waals surface area contributed by atoms with Crippen molar-refractivity contribution in [2.24, 2.45) is 0 Å². The molecule has 0 unspecified atom stereocenters. The number of hydrogen-bond donors (Lipinski definition) is 4. The lowest BCUT2D eigenvalue weighted by Crippen LogP contribution is -2.42. The second-order valence-corrected chi connectivity index (χ2v) is 5.64. The van der Waals surface area contributed by atoms with Crippen molar-refractivity contribution in [1.82, 2.24) is 21.3 Å². The van der Waals surface area contributed by atoms with Crippen molar-refractivity contribution in [1.29, 1.82) is 0 Å². The van der Waals surface area contributed by atoms with Crippen molar-refractivity contribution in [3.8, 4) is 0 Å². The first-order valence-electron chi connectivity index (χ1n) is 8.35.